The Morgan fingerprint density at radius 2 is 0.732 bits per heavy atom. The molecule has 0 aliphatic carbocycles. The Hall–Kier alpha value is -3.82. The second-order valence-electron chi connectivity index (χ2n) is 13.3. The molecule has 15 nitrogen and oxygen atoms in total. The molecule has 0 rings (SSSR count). The molecule has 0 fully saturated rings. The Balaban J connectivity index is 4.35. The summed E-state index contributed by atoms with van der Waals surface area (Å²) in [5, 5.41) is 10.8. The van der Waals surface area contributed by atoms with Crippen molar-refractivity contribution in [1.82, 2.24) is 9.80 Å². The Morgan fingerprint density at radius 3 is 1.02 bits per heavy atom. The van der Waals surface area contributed by atoms with Gasteiger partial charge >= 0.3 is 35.8 Å². The third kappa shape index (κ3) is 34.7. The highest BCUT2D eigenvalue weighted by Gasteiger charge is 2.14. The summed E-state index contributed by atoms with van der Waals surface area (Å²) in [5.74, 6) is -2.32. The summed E-state index contributed by atoms with van der Waals surface area (Å²) in [6, 6.07) is 0. The van der Waals surface area contributed by atoms with Gasteiger partial charge in [0.15, 0.2) is 0 Å². The average molecular weight is 798 g/mol. The lowest BCUT2D eigenvalue weighted by Gasteiger charge is -2.22. The zero-order chi connectivity index (χ0) is 41.5. The van der Waals surface area contributed by atoms with Gasteiger partial charge in [-0.15, -0.1) is 6.61 Å². The van der Waals surface area contributed by atoms with Crippen molar-refractivity contribution < 1.29 is 62.3 Å². The van der Waals surface area contributed by atoms with Crippen LogP contribution >= 0.6 is 0 Å². The summed E-state index contributed by atoms with van der Waals surface area (Å²) in [6.07, 6.45) is 12.7. The van der Waals surface area contributed by atoms with E-state index in [0.29, 0.717) is 77.7 Å². The van der Waals surface area contributed by atoms with Crippen molar-refractivity contribution in [2.45, 2.75) is 116 Å². The van der Waals surface area contributed by atoms with Gasteiger partial charge in [-0.25, -0.2) is 9.59 Å². The molecule has 0 aliphatic rings. The summed E-state index contributed by atoms with van der Waals surface area (Å²) in [5.41, 5.74) is 0. The smallest absolute Gasteiger partial charge is 0.330 e. The third-order valence-electron chi connectivity index (χ3n) is 8.47. The molecule has 0 saturated heterocycles. The van der Waals surface area contributed by atoms with Crippen molar-refractivity contribution in [2.75, 3.05) is 85.5 Å². The molecule has 56 heavy (non-hydrogen) atoms. The molecule has 0 N–H and O–H groups in total. The van der Waals surface area contributed by atoms with Gasteiger partial charge < -0.3 is 43.3 Å². The molecule has 0 unspecified atom stereocenters. The van der Waals surface area contributed by atoms with Crippen LogP contribution in [0.5, 0.6) is 0 Å². The number of unbranched alkanes of at least 4 members (excludes halogenated alkanes) is 8. The maximum Gasteiger partial charge on any atom is 0.330 e. The Bertz CT molecular complexity index is 1020. The molecule has 322 valence electrons. The SMILES string of the molecule is C=CC(=O)OCCCCOC(=O)CCN(CCCCCC)CCC(=O)OCCCCOC(=O)CCN(CCCCC[O-])CCC(=O)OCCCCOC(=O)C=C. The predicted molar refractivity (Wildman–Crippen MR) is 208 cm³/mol. The quantitative estimate of drug-likeness (QED) is 0.0372. The van der Waals surface area contributed by atoms with Gasteiger partial charge in [0.05, 0.1) is 65.3 Å². The van der Waals surface area contributed by atoms with Gasteiger partial charge in [-0.05, 0) is 64.5 Å². The average Bonchev–Trinajstić information content (AvgIpc) is 3.19. The number of ether oxygens (including phenoxy) is 6. The first-order valence-electron chi connectivity index (χ1n) is 20.4. The molecule has 0 radical (unpaired) electrons. The lowest BCUT2D eigenvalue weighted by atomic mass is 10.2. The molecule has 0 atom stereocenters. The number of hydrogen-bond acceptors (Lipinski definition) is 15. The van der Waals surface area contributed by atoms with Crippen LogP contribution in [0.1, 0.15) is 116 Å². The summed E-state index contributed by atoms with van der Waals surface area (Å²) in [7, 11) is 0. The first-order chi connectivity index (χ1) is 27.1. The molecule has 0 spiro atoms. The summed E-state index contributed by atoms with van der Waals surface area (Å²) in [4.78, 5) is 75.5. The van der Waals surface area contributed by atoms with E-state index in [1.807, 2.05) is 4.90 Å². The second kappa shape index (κ2) is 38.1. The fourth-order valence-corrected chi connectivity index (χ4v) is 5.15. The van der Waals surface area contributed by atoms with Gasteiger partial charge in [0.1, 0.15) is 0 Å². The molecule has 0 amide bonds. The number of rotatable bonds is 39. The first kappa shape index (κ1) is 52.2. The van der Waals surface area contributed by atoms with Gasteiger partial charge in [0.25, 0.3) is 0 Å². The van der Waals surface area contributed by atoms with E-state index in [2.05, 4.69) is 25.0 Å². The van der Waals surface area contributed by atoms with Gasteiger partial charge in [-0.2, -0.15) is 0 Å². The fraction of sp³-hybridized carbons (Fsp3) is 0.756. The number of carbonyl (C=O) groups excluding carboxylic acids is 6. The van der Waals surface area contributed by atoms with Crippen molar-refractivity contribution in [3.63, 3.8) is 0 Å². The third-order valence-corrected chi connectivity index (χ3v) is 8.47. The van der Waals surface area contributed by atoms with Crippen LogP contribution in [0.2, 0.25) is 0 Å². The van der Waals surface area contributed by atoms with Crippen LogP contribution in [0.4, 0.5) is 0 Å². The van der Waals surface area contributed by atoms with Crippen LogP contribution in [-0.4, -0.2) is 131 Å². The Morgan fingerprint density at radius 1 is 0.429 bits per heavy atom. The van der Waals surface area contributed by atoms with E-state index in [1.165, 1.54) is 0 Å². The number of carbonyl (C=O) groups is 6. The topological polar surface area (TPSA) is 187 Å². The largest absolute Gasteiger partial charge is 0.854 e. The van der Waals surface area contributed by atoms with Gasteiger partial charge in [0.2, 0.25) is 0 Å². The Kier molecular flexibility index (Phi) is 35.5. The molecule has 0 heterocycles. The first-order valence-corrected chi connectivity index (χ1v) is 20.4. The van der Waals surface area contributed by atoms with E-state index in [9.17, 15) is 33.9 Å². The summed E-state index contributed by atoms with van der Waals surface area (Å²) >= 11 is 0. The van der Waals surface area contributed by atoms with Crippen LogP contribution in [-0.2, 0) is 57.2 Å². The predicted octanol–water partition coefficient (Wildman–Crippen LogP) is 4.23. The van der Waals surface area contributed by atoms with Crippen LogP contribution in [0, 0.1) is 0 Å². The minimum atomic E-state index is -0.490. The fourth-order valence-electron chi connectivity index (χ4n) is 5.15. The maximum atomic E-state index is 12.4. The molecule has 0 aromatic carbocycles. The molecular formula is C41H69N2O13-. The zero-order valence-electron chi connectivity index (χ0n) is 34.0. The molecule has 0 saturated carbocycles. The van der Waals surface area contributed by atoms with Crippen molar-refractivity contribution in [3.8, 4) is 0 Å². The van der Waals surface area contributed by atoms with E-state index in [1.54, 1.807) is 0 Å². The number of esters is 6. The van der Waals surface area contributed by atoms with Crippen molar-refractivity contribution in [2.24, 2.45) is 0 Å². The van der Waals surface area contributed by atoms with E-state index < -0.39 is 11.9 Å². The lowest BCUT2D eigenvalue weighted by molar-refractivity contribution is -0.368. The van der Waals surface area contributed by atoms with Gasteiger partial charge in [-0.1, -0.05) is 52.2 Å². The minimum Gasteiger partial charge on any atom is -0.854 e. The molecule has 0 bridgehead atoms. The minimum absolute atomic E-state index is 0.134. The van der Waals surface area contributed by atoms with E-state index in [0.717, 1.165) is 57.2 Å². The van der Waals surface area contributed by atoms with E-state index >= 15 is 0 Å². The summed E-state index contributed by atoms with van der Waals surface area (Å²) < 4.78 is 31.1. The van der Waals surface area contributed by atoms with Gasteiger partial charge in [0, 0.05) is 38.3 Å². The molecular weight excluding hydrogens is 728 g/mol. The zero-order valence-corrected chi connectivity index (χ0v) is 34.0. The molecule has 0 aromatic rings. The van der Waals surface area contributed by atoms with E-state index in [4.69, 9.17) is 28.4 Å². The van der Waals surface area contributed by atoms with Crippen molar-refractivity contribution in [1.29, 1.82) is 0 Å². The van der Waals surface area contributed by atoms with Gasteiger partial charge in [-0.3, -0.25) is 19.2 Å². The lowest BCUT2D eigenvalue weighted by Crippen LogP contribution is -2.31. The highest BCUT2D eigenvalue weighted by molar-refractivity contribution is 5.81. The standard InChI is InChI=1S/C41H69N2O13/c1-4-7-8-10-23-42(25-19-38(47)53-32-15-13-30-51-36(45)5-2)26-20-39(48)55-34-17-18-35-56-41(50)22-28-43(24-11-9-12-29-44)27-21-40(49)54-33-16-14-31-52-37(46)6-3/h5-6H,2-4,7-35H2,1H3/q-1. The van der Waals surface area contributed by atoms with Crippen LogP contribution in [0.3, 0.4) is 0 Å². The van der Waals surface area contributed by atoms with Crippen LogP contribution < -0.4 is 5.11 Å². The Labute approximate surface area is 334 Å². The normalized spacial score (nSPS) is 10.9. The van der Waals surface area contributed by atoms with Crippen LogP contribution in [0.15, 0.2) is 25.3 Å². The maximum absolute atomic E-state index is 12.4. The highest BCUT2D eigenvalue weighted by atomic mass is 16.6. The molecule has 0 aliphatic heterocycles. The highest BCUT2D eigenvalue weighted by Crippen LogP contribution is 2.07. The van der Waals surface area contributed by atoms with Crippen molar-refractivity contribution >= 4 is 35.8 Å². The number of hydrogen-bond donors (Lipinski definition) is 0. The molecule has 15 heteroatoms. The number of nitrogens with zero attached hydrogens (tertiary/aromatic N) is 2. The van der Waals surface area contributed by atoms with Crippen molar-refractivity contribution in [3.05, 3.63) is 25.3 Å². The molecule has 0 aromatic heterocycles. The van der Waals surface area contributed by atoms with E-state index in [-0.39, 0.29) is 95.8 Å². The van der Waals surface area contributed by atoms with Crippen LogP contribution in [0.25, 0.3) is 0 Å². The monoisotopic (exact) mass is 797 g/mol. The summed E-state index contributed by atoms with van der Waals surface area (Å²) in [6.45, 7) is 13.2. The second-order valence-corrected chi connectivity index (χ2v) is 13.3.